The number of hydrogen-bond acceptors (Lipinski definition) is 3. The fourth-order valence-electron chi connectivity index (χ4n) is 3.97. The number of hydrogen-bond donors (Lipinski definition) is 0. The predicted octanol–water partition coefficient (Wildman–Crippen LogP) is 3.51. The largest absolute Gasteiger partial charge is 0.493 e. The highest BCUT2D eigenvalue weighted by molar-refractivity contribution is 5.43. The predicted molar refractivity (Wildman–Crippen MR) is 85.2 cm³/mol. The molecule has 0 aromatic heterocycles. The Morgan fingerprint density at radius 2 is 1.81 bits per heavy atom. The number of nitrogens with zero attached hydrogens (tertiary/aromatic N) is 1. The number of ether oxygens (including phenoxy) is 2. The molecule has 1 aromatic rings. The molecule has 0 spiro atoms. The van der Waals surface area contributed by atoms with Crippen molar-refractivity contribution < 1.29 is 9.47 Å². The molecule has 2 aliphatic rings. The summed E-state index contributed by atoms with van der Waals surface area (Å²) in [5.74, 6) is 2.46. The summed E-state index contributed by atoms with van der Waals surface area (Å²) < 4.78 is 10.7. The molecule has 3 heteroatoms. The SMILES string of the molecule is COc1ccc(CC2CCN(C3CCCC3)C2)cc1OC. The Morgan fingerprint density at radius 1 is 1.05 bits per heavy atom. The molecule has 3 nitrogen and oxygen atoms in total. The van der Waals surface area contributed by atoms with Crippen LogP contribution in [0.2, 0.25) is 0 Å². The Labute approximate surface area is 128 Å². The van der Waals surface area contributed by atoms with Crippen molar-refractivity contribution in [1.29, 1.82) is 0 Å². The van der Waals surface area contributed by atoms with Gasteiger partial charge < -0.3 is 14.4 Å². The third-order valence-corrected chi connectivity index (χ3v) is 5.13. The first kappa shape index (κ1) is 14.7. The maximum Gasteiger partial charge on any atom is 0.160 e. The molecule has 1 aromatic carbocycles. The van der Waals surface area contributed by atoms with Crippen LogP contribution < -0.4 is 9.47 Å². The van der Waals surface area contributed by atoms with Crippen LogP contribution in [-0.2, 0) is 6.42 Å². The Morgan fingerprint density at radius 3 is 2.52 bits per heavy atom. The van der Waals surface area contributed by atoms with Gasteiger partial charge in [-0.25, -0.2) is 0 Å². The molecule has 116 valence electrons. The van der Waals surface area contributed by atoms with Gasteiger partial charge in [0.25, 0.3) is 0 Å². The Hall–Kier alpha value is -1.22. The molecule has 1 unspecified atom stereocenters. The molecule has 1 saturated carbocycles. The molecular weight excluding hydrogens is 262 g/mol. The van der Waals surface area contributed by atoms with E-state index in [0.29, 0.717) is 0 Å². The van der Waals surface area contributed by atoms with Crippen molar-refractivity contribution in [3.63, 3.8) is 0 Å². The van der Waals surface area contributed by atoms with Crippen LogP contribution in [0.1, 0.15) is 37.7 Å². The van der Waals surface area contributed by atoms with E-state index in [1.165, 1.54) is 50.8 Å². The van der Waals surface area contributed by atoms with Crippen LogP contribution in [0.4, 0.5) is 0 Å². The maximum absolute atomic E-state index is 5.41. The molecular formula is C18H27NO2. The summed E-state index contributed by atoms with van der Waals surface area (Å²) in [5.41, 5.74) is 1.37. The van der Waals surface area contributed by atoms with Gasteiger partial charge in [-0.3, -0.25) is 0 Å². The monoisotopic (exact) mass is 289 g/mol. The fraction of sp³-hybridized carbons (Fsp3) is 0.667. The van der Waals surface area contributed by atoms with Gasteiger partial charge in [0.2, 0.25) is 0 Å². The van der Waals surface area contributed by atoms with Gasteiger partial charge in [-0.05, 0) is 55.8 Å². The van der Waals surface area contributed by atoms with E-state index in [2.05, 4.69) is 17.0 Å². The highest BCUT2D eigenvalue weighted by Gasteiger charge is 2.29. The van der Waals surface area contributed by atoms with Gasteiger partial charge in [-0.1, -0.05) is 18.9 Å². The van der Waals surface area contributed by atoms with Crippen molar-refractivity contribution in [2.24, 2.45) is 5.92 Å². The van der Waals surface area contributed by atoms with Crippen molar-refractivity contribution in [1.82, 2.24) is 4.90 Å². The van der Waals surface area contributed by atoms with Crippen LogP contribution in [0, 0.1) is 5.92 Å². The molecule has 1 saturated heterocycles. The lowest BCUT2D eigenvalue weighted by atomic mass is 9.98. The summed E-state index contributed by atoms with van der Waals surface area (Å²) in [6.45, 7) is 2.57. The molecule has 0 N–H and O–H groups in total. The molecule has 21 heavy (non-hydrogen) atoms. The first-order chi connectivity index (χ1) is 10.3. The topological polar surface area (TPSA) is 21.7 Å². The second-order valence-electron chi connectivity index (χ2n) is 6.48. The lowest BCUT2D eigenvalue weighted by Gasteiger charge is -2.23. The van der Waals surface area contributed by atoms with E-state index >= 15 is 0 Å². The maximum atomic E-state index is 5.41. The zero-order valence-corrected chi connectivity index (χ0v) is 13.3. The average molecular weight is 289 g/mol. The van der Waals surface area contributed by atoms with Crippen molar-refractivity contribution in [2.75, 3.05) is 27.3 Å². The van der Waals surface area contributed by atoms with E-state index < -0.39 is 0 Å². The zero-order chi connectivity index (χ0) is 14.7. The number of likely N-dealkylation sites (tertiary alicyclic amines) is 1. The van der Waals surface area contributed by atoms with E-state index in [4.69, 9.17) is 9.47 Å². The molecule has 1 aliphatic carbocycles. The molecule has 0 bridgehead atoms. The smallest absolute Gasteiger partial charge is 0.160 e. The molecule has 3 rings (SSSR count). The van der Waals surface area contributed by atoms with Gasteiger partial charge in [0, 0.05) is 12.6 Å². The van der Waals surface area contributed by atoms with E-state index in [0.717, 1.165) is 29.9 Å². The molecule has 0 amide bonds. The van der Waals surface area contributed by atoms with Gasteiger partial charge in [0.05, 0.1) is 14.2 Å². The molecule has 0 radical (unpaired) electrons. The standard InChI is InChI=1S/C18H27NO2/c1-20-17-8-7-14(12-18(17)21-2)11-15-9-10-19(13-15)16-5-3-4-6-16/h7-8,12,15-16H,3-6,9-11,13H2,1-2H3. The van der Waals surface area contributed by atoms with Crippen molar-refractivity contribution in [3.8, 4) is 11.5 Å². The van der Waals surface area contributed by atoms with Gasteiger partial charge >= 0.3 is 0 Å². The second-order valence-corrected chi connectivity index (χ2v) is 6.48. The van der Waals surface area contributed by atoms with E-state index in [1.807, 2.05) is 6.07 Å². The molecule has 1 heterocycles. The minimum atomic E-state index is 0.795. The summed E-state index contributed by atoms with van der Waals surface area (Å²) in [5, 5.41) is 0. The lowest BCUT2D eigenvalue weighted by Crippen LogP contribution is -2.31. The van der Waals surface area contributed by atoms with Crippen LogP contribution in [-0.4, -0.2) is 38.3 Å². The van der Waals surface area contributed by atoms with Gasteiger partial charge in [-0.2, -0.15) is 0 Å². The minimum Gasteiger partial charge on any atom is -0.493 e. The third-order valence-electron chi connectivity index (χ3n) is 5.13. The summed E-state index contributed by atoms with van der Waals surface area (Å²) in [4.78, 5) is 2.73. The van der Waals surface area contributed by atoms with Crippen LogP contribution in [0.15, 0.2) is 18.2 Å². The lowest BCUT2D eigenvalue weighted by molar-refractivity contribution is 0.237. The minimum absolute atomic E-state index is 0.795. The quantitative estimate of drug-likeness (QED) is 0.828. The molecule has 1 atom stereocenters. The van der Waals surface area contributed by atoms with E-state index in [-0.39, 0.29) is 0 Å². The Balaban J connectivity index is 1.59. The van der Waals surface area contributed by atoms with E-state index in [9.17, 15) is 0 Å². The summed E-state index contributed by atoms with van der Waals surface area (Å²) in [6, 6.07) is 7.22. The Bertz CT molecular complexity index is 468. The number of rotatable bonds is 5. The summed E-state index contributed by atoms with van der Waals surface area (Å²) in [7, 11) is 3.40. The van der Waals surface area contributed by atoms with Crippen LogP contribution in [0.25, 0.3) is 0 Å². The van der Waals surface area contributed by atoms with Crippen LogP contribution in [0.3, 0.4) is 0 Å². The zero-order valence-electron chi connectivity index (χ0n) is 13.3. The van der Waals surface area contributed by atoms with Gasteiger partial charge in [-0.15, -0.1) is 0 Å². The number of methoxy groups -OCH3 is 2. The van der Waals surface area contributed by atoms with Crippen molar-refractivity contribution in [3.05, 3.63) is 23.8 Å². The highest BCUT2D eigenvalue weighted by Crippen LogP contribution is 2.32. The summed E-state index contributed by atoms with van der Waals surface area (Å²) >= 11 is 0. The van der Waals surface area contributed by atoms with Crippen molar-refractivity contribution in [2.45, 2.75) is 44.6 Å². The average Bonchev–Trinajstić information content (AvgIpc) is 3.17. The Kier molecular flexibility index (Phi) is 4.69. The van der Waals surface area contributed by atoms with Crippen LogP contribution >= 0.6 is 0 Å². The van der Waals surface area contributed by atoms with Crippen LogP contribution in [0.5, 0.6) is 11.5 Å². The summed E-state index contributed by atoms with van der Waals surface area (Å²) in [6.07, 6.45) is 8.20. The second kappa shape index (κ2) is 6.69. The van der Waals surface area contributed by atoms with Crippen molar-refractivity contribution >= 4 is 0 Å². The molecule has 2 fully saturated rings. The highest BCUT2D eigenvalue weighted by atomic mass is 16.5. The number of benzene rings is 1. The fourth-order valence-corrected chi connectivity index (χ4v) is 3.97. The normalized spacial score (nSPS) is 23.6. The van der Waals surface area contributed by atoms with Gasteiger partial charge in [0.15, 0.2) is 11.5 Å². The van der Waals surface area contributed by atoms with E-state index in [1.54, 1.807) is 14.2 Å². The third kappa shape index (κ3) is 3.34. The first-order valence-electron chi connectivity index (χ1n) is 8.25. The molecule has 1 aliphatic heterocycles. The first-order valence-corrected chi connectivity index (χ1v) is 8.25. The van der Waals surface area contributed by atoms with Gasteiger partial charge in [0.1, 0.15) is 0 Å².